The fourth-order valence-corrected chi connectivity index (χ4v) is 1.79. The zero-order valence-corrected chi connectivity index (χ0v) is 11.5. The normalized spacial score (nSPS) is 10.1. The van der Waals surface area contributed by atoms with Crippen LogP contribution >= 0.6 is 11.6 Å². The lowest BCUT2D eigenvalue weighted by Gasteiger charge is -2.08. The number of unbranched alkanes of at least 4 members (excludes halogenated alkanes) is 2. The Morgan fingerprint density at radius 1 is 1.35 bits per heavy atom. The van der Waals surface area contributed by atoms with Crippen molar-refractivity contribution in [2.24, 2.45) is 0 Å². The van der Waals surface area contributed by atoms with Gasteiger partial charge in [-0.1, -0.05) is 6.07 Å². The maximum absolute atomic E-state index is 10.9. The molecule has 1 rings (SSSR count). The Morgan fingerprint density at radius 3 is 2.70 bits per heavy atom. The second-order valence-corrected chi connectivity index (χ2v) is 4.50. The molecule has 0 fully saturated rings. The van der Waals surface area contributed by atoms with Crippen LogP contribution in [0.3, 0.4) is 0 Å². The molecule has 0 unspecified atom stereocenters. The zero-order valence-electron chi connectivity index (χ0n) is 10.7. The van der Waals surface area contributed by atoms with Gasteiger partial charge in [0.2, 0.25) is 5.24 Å². The molecule has 0 saturated heterocycles. The molecule has 0 spiro atoms. The number of halogens is 1. The van der Waals surface area contributed by atoms with E-state index in [1.165, 1.54) is 18.2 Å². The largest absolute Gasteiger partial charge is 0.493 e. The molecule has 0 aliphatic rings. The van der Waals surface area contributed by atoms with Crippen LogP contribution in [0.2, 0.25) is 0 Å². The van der Waals surface area contributed by atoms with Crippen molar-refractivity contribution in [3.05, 3.63) is 33.9 Å². The minimum Gasteiger partial charge on any atom is -0.493 e. The van der Waals surface area contributed by atoms with Crippen LogP contribution in [-0.4, -0.2) is 23.1 Å². The van der Waals surface area contributed by atoms with E-state index < -0.39 is 4.92 Å². The van der Waals surface area contributed by atoms with Crippen LogP contribution in [0.1, 0.15) is 36.0 Å². The summed E-state index contributed by atoms with van der Waals surface area (Å²) in [6.45, 7) is 0.318. The molecular weight excluding hydrogens is 286 g/mol. The molecule has 6 nitrogen and oxygen atoms in total. The number of nitro groups is 1. The summed E-state index contributed by atoms with van der Waals surface area (Å²) in [7, 11) is 0. The molecule has 1 aromatic rings. The van der Waals surface area contributed by atoms with Crippen molar-refractivity contribution >= 4 is 28.8 Å². The predicted octanol–water partition coefficient (Wildman–Crippen LogP) is 3.11. The number of hydrogen-bond donors (Lipinski definition) is 0. The Balaban J connectivity index is 2.52. The van der Waals surface area contributed by atoms with Crippen LogP contribution in [0, 0.1) is 10.1 Å². The van der Waals surface area contributed by atoms with Gasteiger partial charge in [-0.05, 0) is 36.9 Å². The molecule has 0 aliphatic heterocycles. The van der Waals surface area contributed by atoms with Crippen LogP contribution in [0.5, 0.6) is 5.75 Å². The van der Waals surface area contributed by atoms with Gasteiger partial charge < -0.3 is 4.74 Å². The highest BCUT2D eigenvalue weighted by atomic mass is 35.5. The number of carbonyl (C=O) groups excluding carboxylic acids is 2. The van der Waals surface area contributed by atoms with E-state index in [0.29, 0.717) is 32.2 Å². The number of rotatable bonds is 9. The first-order valence-electron chi connectivity index (χ1n) is 6.10. The summed E-state index contributed by atoms with van der Waals surface area (Å²) in [5.74, 6) is 0.197. The summed E-state index contributed by atoms with van der Waals surface area (Å²) < 4.78 is 5.37. The fraction of sp³-hybridized carbons (Fsp3) is 0.385. The number of aldehydes is 1. The topological polar surface area (TPSA) is 86.5 Å². The lowest BCUT2D eigenvalue weighted by atomic mass is 10.1. The number of hydrogen-bond acceptors (Lipinski definition) is 5. The van der Waals surface area contributed by atoms with Crippen molar-refractivity contribution in [3.63, 3.8) is 0 Å². The average Bonchev–Trinajstić information content (AvgIpc) is 2.41. The smallest absolute Gasteiger partial charge is 0.283 e. The minimum absolute atomic E-state index is 0.0616. The van der Waals surface area contributed by atoms with Crippen molar-refractivity contribution in [3.8, 4) is 5.75 Å². The number of nitrogens with zero attached hydrogens (tertiary/aromatic N) is 1. The lowest BCUT2D eigenvalue weighted by Crippen LogP contribution is -2.02. The molecule has 7 heteroatoms. The van der Waals surface area contributed by atoms with E-state index in [9.17, 15) is 19.7 Å². The highest BCUT2D eigenvalue weighted by molar-refractivity contribution is 6.63. The molecule has 0 heterocycles. The van der Waals surface area contributed by atoms with E-state index >= 15 is 0 Å². The highest BCUT2D eigenvalue weighted by Crippen LogP contribution is 2.26. The molecule has 0 N–H and O–H groups in total. The number of nitro benzene ring substituents is 1. The van der Waals surface area contributed by atoms with Gasteiger partial charge >= 0.3 is 0 Å². The summed E-state index contributed by atoms with van der Waals surface area (Å²) >= 11 is 5.20. The molecule has 0 amide bonds. The number of carbonyl (C=O) groups is 2. The summed E-state index contributed by atoms with van der Waals surface area (Å²) in [6, 6.07) is 4.23. The molecule has 0 atom stereocenters. The van der Waals surface area contributed by atoms with E-state index in [4.69, 9.17) is 16.3 Å². The molecule has 0 bridgehead atoms. The Labute approximate surface area is 120 Å². The van der Waals surface area contributed by atoms with E-state index in [0.717, 1.165) is 6.42 Å². The Morgan fingerprint density at radius 2 is 2.10 bits per heavy atom. The van der Waals surface area contributed by atoms with E-state index in [2.05, 4.69) is 0 Å². The summed E-state index contributed by atoms with van der Waals surface area (Å²) in [4.78, 5) is 31.6. The molecule has 0 radical (unpaired) electrons. The van der Waals surface area contributed by atoms with E-state index in [1.54, 1.807) is 0 Å². The molecule has 1 aromatic carbocycles. The lowest BCUT2D eigenvalue weighted by molar-refractivity contribution is -0.385. The molecule has 0 aromatic heterocycles. The third-order valence-electron chi connectivity index (χ3n) is 2.63. The predicted molar refractivity (Wildman–Crippen MR) is 73.3 cm³/mol. The standard InChI is InChI=1S/C13H14ClNO5/c14-13(17)7-2-1-3-8-20-12-6-4-5-11(15(18)19)10(12)9-16/h4-6,9H,1-3,7-8H2. The Hall–Kier alpha value is -1.95. The summed E-state index contributed by atoms with van der Waals surface area (Å²) in [5, 5.41) is 10.4. The Bertz CT molecular complexity index is 504. The van der Waals surface area contributed by atoms with Crippen molar-refractivity contribution in [1.82, 2.24) is 0 Å². The van der Waals surface area contributed by atoms with Gasteiger partial charge in [0.1, 0.15) is 11.3 Å². The van der Waals surface area contributed by atoms with Crippen LogP contribution in [0.4, 0.5) is 5.69 Å². The molecule has 0 aliphatic carbocycles. The van der Waals surface area contributed by atoms with Gasteiger partial charge in [0.25, 0.3) is 5.69 Å². The van der Waals surface area contributed by atoms with Gasteiger partial charge in [-0.25, -0.2) is 0 Å². The minimum atomic E-state index is -0.622. The quantitative estimate of drug-likeness (QED) is 0.230. The van der Waals surface area contributed by atoms with Gasteiger partial charge in [-0.2, -0.15) is 0 Å². The van der Waals surface area contributed by atoms with Gasteiger partial charge in [-0.15, -0.1) is 0 Å². The molecule has 0 saturated carbocycles. The third-order valence-corrected chi connectivity index (χ3v) is 2.82. The fourth-order valence-electron chi connectivity index (χ4n) is 1.66. The van der Waals surface area contributed by atoms with E-state index in [-0.39, 0.29) is 22.2 Å². The number of ether oxygens (including phenoxy) is 1. The van der Waals surface area contributed by atoms with Gasteiger partial charge in [0, 0.05) is 12.5 Å². The zero-order chi connectivity index (χ0) is 15.0. The van der Waals surface area contributed by atoms with Crippen LogP contribution in [0.25, 0.3) is 0 Å². The second kappa shape index (κ2) is 8.27. The van der Waals surface area contributed by atoms with Crippen LogP contribution in [0.15, 0.2) is 18.2 Å². The van der Waals surface area contributed by atoms with Crippen LogP contribution in [-0.2, 0) is 4.79 Å². The summed E-state index contributed by atoms with van der Waals surface area (Å²) in [6.07, 6.45) is 2.83. The van der Waals surface area contributed by atoms with Gasteiger partial charge in [0.15, 0.2) is 6.29 Å². The second-order valence-electron chi connectivity index (χ2n) is 4.08. The van der Waals surface area contributed by atoms with Crippen molar-refractivity contribution in [2.75, 3.05) is 6.61 Å². The molecule has 108 valence electrons. The monoisotopic (exact) mass is 299 g/mol. The SMILES string of the molecule is O=Cc1c(OCCCCCC(=O)Cl)cccc1[N+](=O)[O-]. The van der Waals surface area contributed by atoms with Gasteiger partial charge in [0.05, 0.1) is 11.5 Å². The van der Waals surface area contributed by atoms with Crippen molar-refractivity contribution in [1.29, 1.82) is 0 Å². The van der Waals surface area contributed by atoms with Crippen molar-refractivity contribution < 1.29 is 19.2 Å². The highest BCUT2D eigenvalue weighted by Gasteiger charge is 2.17. The third kappa shape index (κ3) is 4.97. The number of benzene rings is 1. The molecular formula is C13H14ClNO5. The van der Waals surface area contributed by atoms with Crippen molar-refractivity contribution in [2.45, 2.75) is 25.7 Å². The summed E-state index contributed by atoms with van der Waals surface area (Å²) in [5.41, 5.74) is -0.335. The first kappa shape index (κ1) is 16.1. The maximum Gasteiger partial charge on any atom is 0.283 e. The van der Waals surface area contributed by atoms with Gasteiger partial charge in [-0.3, -0.25) is 19.7 Å². The average molecular weight is 300 g/mol. The van der Waals surface area contributed by atoms with E-state index in [1.807, 2.05) is 0 Å². The Kier molecular flexibility index (Phi) is 6.66. The maximum atomic E-state index is 10.9. The first-order valence-corrected chi connectivity index (χ1v) is 6.47. The molecule has 20 heavy (non-hydrogen) atoms. The first-order chi connectivity index (χ1) is 9.56. The van der Waals surface area contributed by atoms with Crippen LogP contribution < -0.4 is 4.74 Å².